The summed E-state index contributed by atoms with van der Waals surface area (Å²) in [5.41, 5.74) is 0.274. The van der Waals surface area contributed by atoms with Crippen LogP contribution in [0.15, 0.2) is 18.3 Å². The number of rotatable bonds is 5. The smallest absolute Gasteiger partial charge is 0.224 e. The van der Waals surface area contributed by atoms with Crippen LogP contribution in [0.3, 0.4) is 0 Å². The normalized spacial score (nSPS) is 25.5. The van der Waals surface area contributed by atoms with E-state index in [0.29, 0.717) is 54.9 Å². The molecule has 2 fully saturated rings. The minimum atomic E-state index is -1.09. The lowest BCUT2D eigenvalue weighted by Crippen LogP contribution is -2.29. The molecule has 2 aliphatic carbocycles. The summed E-state index contributed by atoms with van der Waals surface area (Å²) < 4.78 is 43.6. The second kappa shape index (κ2) is 8.79. The first-order valence-corrected chi connectivity index (χ1v) is 11.2. The van der Waals surface area contributed by atoms with Crippen molar-refractivity contribution < 1.29 is 23.4 Å². The van der Waals surface area contributed by atoms with Crippen molar-refractivity contribution in [3.63, 3.8) is 0 Å². The van der Waals surface area contributed by atoms with E-state index in [-0.39, 0.29) is 18.1 Å². The van der Waals surface area contributed by atoms with Crippen LogP contribution in [0.25, 0.3) is 11.2 Å². The van der Waals surface area contributed by atoms with Crippen LogP contribution in [0.1, 0.15) is 51.0 Å². The van der Waals surface area contributed by atoms with Crippen LogP contribution < -0.4 is 10.6 Å². The Hall–Kier alpha value is -2.92. The Kier molecular flexibility index (Phi) is 5.83. The molecular formula is C22H25F3N6O2. The van der Waals surface area contributed by atoms with Gasteiger partial charge in [-0.3, -0.25) is 4.57 Å². The van der Waals surface area contributed by atoms with Crippen LogP contribution in [-0.2, 0) is 0 Å². The first-order chi connectivity index (χ1) is 15.9. The highest BCUT2D eigenvalue weighted by molar-refractivity contribution is 5.77. The fourth-order valence-corrected chi connectivity index (χ4v) is 4.76. The van der Waals surface area contributed by atoms with E-state index in [9.17, 15) is 23.4 Å². The summed E-state index contributed by atoms with van der Waals surface area (Å²) in [6, 6.07) is 0.910. The van der Waals surface area contributed by atoms with Gasteiger partial charge in [0.2, 0.25) is 11.9 Å². The lowest BCUT2D eigenvalue weighted by molar-refractivity contribution is 0.126. The summed E-state index contributed by atoms with van der Waals surface area (Å²) in [6.45, 7) is 0. The van der Waals surface area contributed by atoms with Gasteiger partial charge in [-0.15, -0.1) is 0 Å². The maximum absolute atomic E-state index is 14.3. The van der Waals surface area contributed by atoms with Gasteiger partial charge >= 0.3 is 0 Å². The highest BCUT2D eigenvalue weighted by Crippen LogP contribution is 2.37. The van der Waals surface area contributed by atoms with Gasteiger partial charge in [0.15, 0.2) is 17.3 Å². The average molecular weight is 462 g/mol. The molecular weight excluding hydrogens is 437 g/mol. The minimum Gasteiger partial charge on any atom is -0.393 e. The van der Waals surface area contributed by atoms with Gasteiger partial charge in [-0.25, -0.2) is 23.1 Å². The zero-order chi connectivity index (χ0) is 23.1. The highest BCUT2D eigenvalue weighted by Gasteiger charge is 2.32. The lowest BCUT2D eigenvalue weighted by atomic mass is 9.93. The summed E-state index contributed by atoms with van der Waals surface area (Å²) in [6.07, 6.45) is 5.57. The number of imidazole rings is 1. The molecule has 0 unspecified atom stereocenters. The van der Waals surface area contributed by atoms with E-state index in [4.69, 9.17) is 0 Å². The lowest BCUT2D eigenvalue weighted by Gasteiger charge is -2.26. The van der Waals surface area contributed by atoms with Crippen molar-refractivity contribution in [2.45, 2.75) is 69.2 Å². The van der Waals surface area contributed by atoms with Crippen LogP contribution in [-0.4, -0.2) is 48.0 Å². The summed E-state index contributed by atoms with van der Waals surface area (Å²) in [5, 5.41) is 26.2. The van der Waals surface area contributed by atoms with Gasteiger partial charge in [-0.05, 0) is 44.9 Å². The maximum Gasteiger partial charge on any atom is 0.224 e. The number of anilines is 3. The molecule has 0 aliphatic heterocycles. The van der Waals surface area contributed by atoms with Crippen molar-refractivity contribution in [1.82, 2.24) is 19.5 Å². The van der Waals surface area contributed by atoms with Gasteiger partial charge in [0.05, 0.1) is 24.4 Å². The van der Waals surface area contributed by atoms with E-state index in [1.165, 1.54) is 6.20 Å². The third kappa shape index (κ3) is 4.34. The molecule has 0 spiro atoms. The van der Waals surface area contributed by atoms with E-state index < -0.39 is 35.3 Å². The molecule has 2 heterocycles. The number of aliphatic hydroxyl groups is 2. The number of nitrogens with one attached hydrogen (secondary N) is 2. The standard InChI is InChI=1S/C22H25F3N6O2/c23-11-8-14(24)19(15(25)9-11)29-22-28-16-10-26-21(27-12-4-6-13(32)7-5-12)30-20(16)31(22)17-2-1-3-18(17)33/h8-10,12-13,17-18,32-33H,1-7H2,(H,28,29)(H,26,27,30)/t12-,13-,17-,18-/m1/s1. The van der Waals surface area contributed by atoms with Crippen LogP contribution in [0, 0.1) is 17.5 Å². The largest absolute Gasteiger partial charge is 0.393 e. The van der Waals surface area contributed by atoms with E-state index in [0.717, 1.165) is 19.3 Å². The first kappa shape index (κ1) is 21.9. The topological polar surface area (TPSA) is 108 Å². The van der Waals surface area contributed by atoms with Gasteiger partial charge in [-0.1, -0.05) is 0 Å². The molecule has 3 aromatic rings. The van der Waals surface area contributed by atoms with Crippen LogP contribution in [0.2, 0.25) is 0 Å². The maximum atomic E-state index is 14.3. The number of halogens is 3. The van der Waals surface area contributed by atoms with Crippen molar-refractivity contribution in [3.8, 4) is 0 Å². The average Bonchev–Trinajstić information content (AvgIpc) is 3.34. The number of hydrogen-bond acceptors (Lipinski definition) is 7. The number of nitrogens with zero attached hydrogens (tertiary/aromatic N) is 4. The minimum absolute atomic E-state index is 0.0904. The van der Waals surface area contributed by atoms with Crippen molar-refractivity contribution in [3.05, 3.63) is 35.8 Å². The molecule has 5 rings (SSSR count). The molecule has 2 saturated carbocycles. The third-order valence-corrected chi connectivity index (χ3v) is 6.48. The number of fused-ring (bicyclic) bond motifs is 1. The second-order valence-electron chi connectivity index (χ2n) is 8.79. The van der Waals surface area contributed by atoms with Gasteiger partial charge in [0.1, 0.15) is 17.0 Å². The monoisotopic (exact) mass is 462 g/mol. The molecule has 0 saturated heterocycles. The summed E-state index contributed by atoms with van der Waals surface area (Å²) in [4.78, 5) is 13.3. The highest BCUT2D eigenvalue weighted by atomic mass is 19.1. The van der Waals surface area contributed by atoms with Crippen LogP contribution in [0.4, 0.5) is 30.8 Å². The van der Waals surface area contributed by atoms with E-state index in [1.54, 1.807) is 4.57 Å². The molecule has 2 atom stereocenters. The summed E-state index contributed by atoms with van der Waals surface area (Å²) >= 11 is 0. The number of aromatic nitrogens is 4. The van der Waals surface area contributed by atoms with Gasteiger partial charge in [-0.2, -0.15) is 4.98 Å². The Morgan fingerprint density at radius 2 is 1.67 bits per heavy atom. The Bertz CT molecular complexity index is 1140. The number of benzene rings is 1. The molecule has 0 radical (unpaired) electrons. The molecule has 4 N–H and O–H groups in total. The zero-order valence-corrected chi connectivity index (χ0v) is 17.8. The predicted molar refractivity (Wildman–Crippen MR) is 116 cm³/mol. The number of aliphatic hydroxyl groups excluding tert-OH is 2. The molecule has 0 amide bonds. The molecule has 2 aliphatic rings. The van der Waals surface area contributed by atoms with E-state index >= 15 is 0 Å². The predicted octanol–water partition coefficient (Wildman–Crippen LogP) is 3.79. The molecule has 176 valence electrons. The van der Waals surface area contributed by atoms with Crippen molar-refractivity contribution >= 4 is 28.7 Å². The summed E-state index contributed by atoms with van der Waals surface area (Å²) in [7, 11) is 0. The van der Waals surface area contributed by atoms with E-state index in [1.807, 2.05) is 0 Å². The zero-order valence-electron chi connectivity index (χ0n) is 17.8. The Balaban J connectivity index is 1.53. The summed E-state index contributed by atoms with van der Waals surface area (Å²) in [5.74, 6) is -2.74. The van der Waals surface area contributed by atoms with Crippen molar-refractivity contribution in [2.24, 2.45) is 0 Å². The van der Waals surface area contributed by atoms with Gasteiger partial charge < -0.3 is 20.8 Å². The van der Waals surface area contributed by atoms with E-state index in [2.05, 4.69) is 25.6 Å². The molecule has 0 bridgehead atoms. The molecule has 8 nitrogen and oxygen atoms in total. The fourth-order valence-electron chi connectivity index (χ4n) is 4.76. The molecule has 1 aromatic carbocycles. The Morgan fingerprint density at radius 3 is 2.33 bits per heavy atom. The molecule has 33 heavy (non-hydrogen) atoms. The quantitative estimate of drug-likeness (QED) is 0.457. The second-order valence-corrected chi connectivity index (χ2v) is 8.79. The Morgan fingerprint density at radius 1 is 0.939 bits per heavy atom. The molecule has 11 heteroatoms. The van der Waals surface area contributed by atoms with Crippen LogP contribution in [0.5, 0.6) is 0 Å². The third-order valence-electron chi connectivity index (χ3n) is 6.48. The first-order valence-electron chi connectivity index (χ1n) is 11.2. The Labute approximate surface area is 187 Å². The number of hydrogen-bond donors (Lipinski definition) is 4. The SMILES string of the molecule is O[C@@H]1CCC[C@H]1n1c(Nc2c(F)cc(F)cc2F)nc2cnc(N[C@H]3CC[C@H](O)CC3)nc21. The van der Waals surface area contributed by atoms with Crippen molar-refractivity contribution in [2.75, 3.05) is 10.6 Å². The van der Waals surface area contributed by atoms with Gasteiger partial charge in [0.25, 0.3) is 0 Å². The fraction of sp³-hybridized carbons (Fsp3) is 0.500. The molecule has 2 aromatic heterocycles. The van der Waals surface area contributed by atoms with Gasteiger partial charge in [0, 0.05) is 18.2 Å². The van der Waals surface area contributed by atoms with Crippen LogP contribution >= 0.6 is 0 Å². The van der Waals surface area contributed by atoms with Crippen molar-refractivity contribution in [1.29, 1.82) is 0 Å².